The molecular formula is C19H20N6O2. The van der Waals surface area contributed by atoms with E-state index in [0.717, 1.165) is 11.1 Å². The van der Waals surface area contributed by atoms with E-state index in [1.807, 2.05) is 19.1 Å². The lowest BCUT2D eigenvalue weighted by molar-refractivity contribution is 0.397. The molecule has 0 unspecified atom stereocenters. The fraction of sp³-hybridized carbons (Fsp3) is 0.105. The van der Waals surface area contributed by atoms with Crippen LogP contribution in [-0.2, 0) is 0 Å². The summed E-state index contributed by atoms with van der Waals surface area (Å²) in [6, 6.07) is 11.1. The summed E-state index contributed by atoms with van der Waals surface area (Å²) in [4.78, 5) is 12.2. The van der Waals surface area contributed by atoms with Gasteiger partial charge in [-0.2, -0.15) is 0 Å². The van der Waals surface area contributed by atoms with Crippen molar-refractivity contribution in [2.75, 3.05) is 12.1 Å². The highest BCUT2D eigenvalue weighted by Crippen LogP contribution is 2.27. The van der Waals surface area contributed by atoms with E-state index in [4.69, 9.17) is 21.1 Å². The van der Waals surface area contributed by atoms with Crippen molar-refractivity contribution < 1.29 is 9.47 Å². The smallest absolute Gasteiger partial charge is 0.321 e. The average Bonchev–Trinajstić information content (AvgIpc) is 2.70. The number of nitrogens with zero attached hydrogens (tertiary/aromatic N) is 4. The Labute approximate surface area is 157 Å². The Balaban J connectivity index is 1.83. The summed E-state index contributed by atoms with van der Waals surface area (Å²) < 4.78 is 10.9. The third kappa shape index (κ3) is 4.50. The molecule has 0 aliphatic rings. The van der Waals surface area contributed by atoms with Crippen LogP contribution in [0.4, 0.5) is 5.69 Å². The molecule has 0 atom stereocenters. The second kappa shape index (κ2) is 8.15. The average molecular weight is 364 g/mol. The predicted octanol–water partition coefficient (Wildman–Crippen LogP) is 2.62. The Bertz CT molecular complexity index is 946. The number of hydrogen-bond acceptors (Lipinski definition) is 8. The van der Waals surface area contributed by atoms with Crippen molar-refractivity contribution in [2.24, 2.45) is 11.6 Å². The Hall–Kier alpha value is -3.65. The lowest BCUT2D eigenvalue weighted by atomic mass is 10.2. The van der Waals surface area contributed by atoms with Crippen molar-refractivity contribution in [3.8, 4) is 17.6 Å². The largest absolute Gasteiger partial charge is 0.481 e. The highest BCUT2D eigenvalue weighted by molar-refractivity contribution is 5.67. The SMILES string of the molecule is COc1cc(/C(N)=C/N(N)c2ccc(C)c(Oc3ncccn3)c2)ccn1. The molecule has 0 fully saturated rings. The van der Waals surface area contributed by atoms with Crippen LogP contribution in [0.1, 0.15) is 11.1 Å². The molecule has 0 aliphatic carbocycles. The minimum Gasteiger partial charge on any atom is -0.481 e. The third-order valence-electron chi connectivity index (χ3n) is 3.77. The van der Waals surface area contributed by atoms with E-state index < -0.39 is 0 Å². The first-order valence-corrected chi connectivity index (χ1v) is 8.14. The van der Waals surface area contributed by atoms with Crippen LogP contribution in [0.25, 0.3) is 5.70 Å². The van der Waals surface area contributed by atoms with Crippen LogP contribution < -0.4 is 26.1 Å². The first-order valence-electron chi connectivity index (χ1n) is 8.14. The number of rotatable bonds is 6. The van der Waals surface area contributed by atoms with Crippen molar-refractivity contribution >= 4 is 11.4 Å². The molecule has 0 bridgehead atoms. The van der Waals surface area contributed by atoms with E-state index in [9.17, 15) is 0 Å². The van der Waals surface area contributed by atoms with Gasteiger partial charge in [0.15, 0.2) is 0 Å². The third-order valence-corrected chi connectivity index (χ3v) is 3.77. The maximum atomic E-state index is 6.16. The number of hydrogen-bond donors (Lipinski definition) is 2. The van der Waals surface area contributed by atoms with E-state index in [0.29, 0.717) is 23.0 Å². The van der Waals surface area contributed by atoms with Gasteiger partial charge in [0.2, 0.25) is 5.88 Å². The summed E-state index contributed by atoms with van der Waals surface area (Å²) in [5.41, 5.74) is 8.98. The molecule has 0 spiro atoms. The minimum atomic E-state index is 0.264. The van der Waals surface area contributed by atoms with Gasteiger partial charge in [0, 0.05) is 42.5 Å². The van der Waals surface area contributed by atoms with Gasteiger partial charge in [0.1, 0.15) is 5.75 Å². The molecule has 0 saturated carbocycles. The molecule has 1 aromatic carbocycles. The number of aryl methyl sites for hydroxylation is 1. The molecule has 3 aromatic rings. The van der Waals surface area contributed by atoms with Crippen LogP contribution in [-0.4, -0.2) is 22.1 Å². The molecule has 0 amide bonds. The number of ether oxygens (including phenoxy) is 2. The van der Waals surface area contributed by atoms with E-state index in [1.165, 1.54) is 5.01 Å². The molecule has 8 heteroatoms. The highest BCUT2D eigenvalue weighted by Gasteiger charge is 2.09. The quantitative estimate of drug-likeness (QED) is 0.507. The van der Waals surface area contributed by atoms with Crippen LogP contribution in [0.2, 0.25) is 0 Å². The van der Waals surface area contributed by atoms with Crippen LogP contribution >= 0.6 is 0 Å². The van der Waals surface area contributed by atoms with Gasteiger partial charge in [0.25, 0.3) is 0 Å². The number of aromatic nitrogens is 3. The first kappa shape index (κ1) is 18.2. The van der Waals surface area contributed by atoms with Gasteiger partial charge in [-0.25, -0.2) is 20.8 Å². The monoisotopic (exact) mass is 364 g/mol. The molecule has 0 radical (unpaired) electrons. The molecule has 138 valence electrons. The first-order chi connectivity index (χ1) is 13.1. The molecule has 27 heavy (non-hydrogen) atoms. The number of nitrogens with two attached hydrogens (primary N) is 2. The molecule has 0 saturated heterocycles. The van der Waals surface area contributed by atoms with Crippen molar-refractivity contribution in [2.45, 2.75) is 6.92 Å². The number of benzene rings is 1. The van der Waals surface area contributed by atoms with E-state index in [1.54, 1.807) is 56.2 Å². The van der Waals surface area contributed by atoms with E-state index in [2.05, 4.69) is 15.0 Å². The summed E-state index contributed by atoms with van der Waals surface area (Å²) in [5.74, 6) is 7.24. The standard InChI is InChI=1S/C19H20N6O2/c1-13-4-5-15(11-17(13)27-19-23-7-3-8-24-19)25(21)12-16(20)14-6-9-22-18(10-14)26-2/h3-12H,20-21H2,1-2H3/b16-12-. The lowest BCUT2D eigenvalue weighted by Crippen LogP contribution is -2.25. The molecule has 2 aromatic heterocycles. The topological polar surface area (TPSA) is 112 Å². The van der Waals surface area contributed by atoms with Gasteiger partial charge in [0.05, 0.1) is 18.5 Å². The maximum absolute atomic E-state index is 6.16. The summed E-state index contributed by atoms with van der Waals surface area (Å²) in [7, 11) is 1.55. The van der Waals surface area contributed by atoms with Gasteiger partial charge < -0.3 is 15.2 Å². The van der Waals surface area contributed by atoms with Gasteiger partial charge in [-0.15, -0.1) is 0 Å². The zero-order valence-corrected chi connectivity index (χ0v) is 15.0. The van der Waals surface area contributed by atoms with Gasteiger partial charge in [-0.1, -0.05) is 6.07 Å². The lowest BCUT2D eigenvalue weighted by Gasteiger charge is -2.17. The Morgan fingerprint density at radius 1 is 1.07 bits per heavy atom. The van der Waals surface area contributed by atoms with Crippen LogP contribution in [0.3, 0.4) is 0 Å². The molecular weight excluding hydrogens is 344 g/mol. The van der Waals surface area contributed by atoms with Crippen molar-refractivity contribution in [1.82, 2.24) is 15.0 Å². The summed E-state index contributed by atoms with van der Waals surface area (Å²) >= 11 is 0. The number of methoxy groups -OCH3 is 1. The Morgan fingerprint density at radius 3 is 2.59 bits per heavy atom. The van der Waals surface area contributed by atoms with Gasteiger partial charge >= 0.3 is 6.01 Å². The van der Waals surface area contributed by atoms with Gasteiger partial charge in [-0.3, -0.25) is 5.01 Å². The molecule has 3 rings (SSSR count). The predicted molar refractivity (Wildman–Crippen MR) is 103 cm³/mol. The van der Waals surface area contributed by atoms with E-state index >= 15 is 0 Å². The maximum Gasteiger partial charge on any atom is 0.321 e. The zero-order chi connectivity index (χ0) is 19.2. The normalized spacial score (nSPS) is 11.1. The Morgan fingerprint density at radius 2 is 1.85 bits per heavy atom. The second-order valence-corrected chi connectivity index (χ2v) is 5.66. The van der Waals surface area contributed by atoms with Crippen LogP contribution in [0, 0.1) is 6.92 Å². The molecule has 8 nitrogen and oxygen atoms in total. The highest BCUT2D eigenvalue weighted by atomic mass is 16.5. The zero-order valence-electron chi connectivity index (χ0n) is 15.0. The molecule has 4 N–H and O–H groups in total. The molecule has 0 aliphatic heterocycles. The van der Waals surface area contributed by atoms with Crippen molar-refractivity contribution in [1.29, 1.82) is 0 Å². The summed E-state index contributed by atoms with van der Waals surface area (Å²) in [6.07, 6.45) is 6.46. The number of hydrazine groups is 1. The number of pyridine rings is 1. The van der Waals surface area contributed by atoms with Gasteiger partial charge in [-0.05, 0) is 30.7 Å². The molecule has 2 heterocycles. The summed E-state index contributed by atoms with van der Waals surface area (Å²) in [6.45, 7) is 1.93. The van der Waals surface area contributed by atoms with Crippen molar-refractivity contribution in [3.63, 3.8) is 0 Å². The van der Waals surface area contributed by atoms with Crippen molar-refractivity contribution in [3.05, 3.63) is 72.3 Å². The van der Waals surface area contributed by atoms with Crippen LogP contribution in [0.5, 0.6) is 17.6 Å². The van der Waals surface area contributed by atoms with E-state index in [-0.39, 0.29) is 6.01 Å². The van der Waals surface area contributed by atoms with Crippen LogP contribution in [0.15, 0.2) is 61.2 Å². The Kier molecular flexibility index (Phi) is 5.48. The fourth-order valence-electron chi connectivity index (χ4n) is 2.30. The second-order valence-electron chi connectivity index (χ2n) is 5.66. The summed E-state index contributed by atoms with van der Waals surface area (Å²) in [5, 5.41) is 1.42. The minimum absolute atomic E-state index is 0.264. The number of anilines is 1. The fourth-order valence-corrected chi connectivity index (χ4v) is 2.30.